The minimum absolute atomic E-state index is 0.254. The van der Waals surface area contributed by atoms with Crippen molar-refractivity contribution in [2.75, 3.05) is 11.9 Å². The third kappa shape index (κ3) is 1.82. The maximum absolute atomic E-state index is 5.85. The monoisotopic (exact) mass is 317 g/mol. The Hall–Kier alpha value is -0.450. The van der Waals surface area contributed by atoms with Crippen LogP contribution in [0.4, 0.5) is 5.69 Å². The zero-order valence-corrected chi connectivity index (χ0v) is 11.7. The standard InChI is InChI=1S/C12H16INO/c1-8(2)9-5-6-11-10(7-9)14(4)12(3,13)15-11/h5-8H,1-4H3. The number of halogens is 1. The number of rotatable bonds is 1. The van der Waals surface area contributed by atoms with Gasteiger partial charge in [0.2, 0.25) is 3.73 Å². The fraction of sp³-hybridized carbons (Fsp3) is 0.500. The second kappa shape index (κ2) is 3.54. The molecule has 3 heteroatoms. The molecule has 2 nitrogen and oxygen atoms in total. The molecule has 0 spiro atoms. The topological polar surface area (TPSA) is 12.5 Å². The first-order chi connectivity index (χ1) is 6.92. The summed E-state index contributed by atoms with van der Waals surface area (Å²) in [7, 11) is 2.07. The van der Waals surface area contributed by atoms with Crippen LogP contribution in [0.5, 0.6) is 5.75 Å². The number of hydrogen-bond donors (Lipinski definition) is 0. The summed E-state index contributed by atoms with van der Waals surface area (Å²) in [6.07, 6.45) is 0. The van der Waals surface area contributed by atoms with E-state index in [0.29, 0.717) is 5.92 Å². The quantitative estimate of drug-likeness (QED) is 0.444. The number of benzene rings is 1. The molecule has 0 aromatic heterocycles. The van der Waals surface area contributed by atoms with Crippen molar-refractivity contribution in [2.24, 2.45) is 0 Å². The normalized spacial score (nSPS) is 24.3. The van der Waals surface area contributed by atoms with Gasteiger partial charge in [0.25, 0.3) is 0 Å². The van der Waals surface area contributed by atoms with Gasteiger partial charge in [0.15, 0.2) is 0 Å². The summed E-state index contributed by atoms with van der Waals surface area (Å²) in [5.41, 5.74) is 2.55. The molecule has 0 saturated carbocycles. The maximum atomic E-state index is 5.85. The van der Waals surface area contributed by atoms with E-state index < -0.39 is 0 Å². The van der Waals surface area contributed by atoms with Crippen LogP contribution in [0.1, 0.15) is 32.3 Å². The fourth-order valence-corrected chi connectivity index (χ4v) is 2.22. The molecule has 1 aliphatic heterocycles. The van der Waals surface area contributed by atoms with Gasteiger partial charge in [-0.2, -0.15) is 0 Å². The molecule has 0 aliphatic carbocycles. The van der Waals surface area contributed by atoms with Crippen molar-refractivity contribution < 1.29 is 4.74 Å². The molecule has 0 amide bonds. The lowest BCUT2D eigenvalue weighted by atomic mass is 10.0. The van der Waals surface area contributed by atoms with Crippen molar-refractivity contribution in [3.05, 3.63) is 23.8 Å². The molecule has 82 valence electrons. The summed E-state index contributed by atoms with van der Waals surface area (Å²) in [6.45, 7) is 6.49. The van der Waals surface area contributed by atoms with Crippen molar-refractivity contribution in [1.82, 2.24) is 0 Å². The van der Waals surface area contributed by atoms with Crippen molar-refractivity contribution in [3.8, 4) is 5.75 Å². The molecule has 1 atom stereocenters. The van der Waals surface area contributed by atoms with Crippen LogP contribution < -0.4 is 9.64 Å². The second-order valence-corrected chi connectivity index (χ2v) is 6.41. The van der Waals surface area contributed by atoms with E-state index in [1.165, 1.54) is 11.3 Å². The largest absolute Gasteiger partial charge is 0.457 e. The van der Waals surface area contributed by atoms with Crippen LogP contribution in [0.2, 0.25) is 0 Å². The molecule has 1 aliphatic rings. The van der Waals surface area contributed by atoms with Crippen LogP contribution in [0.3, 0.4) is 0 Å². The van der Waals surface area contributed by atoms with E-state index in [2.05, 4.69) is 73.5 Å². The SMILES string of the molecule is CC(C)c1ccc2c(c1)N(C)C(C)(I)O2. The smallest absolute Gasteiger partial charge is 0.231 e. The van der Waals surface area contributed by atoms with E-state index in [0.717, 1.165) is 5.75 Å². The molecule has 0 radical (unpaired) electrons. The van der Waals surface area contributed by atoms with Crippen LogP contribution >= 0.6 is 22.6 Å². The van der Waals surface area contributed by atoms with Crippen LogP contribution in [-0.2, 0) is 0 Å². The third-order valence-corrected chi connectivity index (χ3v) is 3.85. The predicted molar refractivity (Wildman–Crippen MR) is 72.0 cm³/mol. The molecule has 1 heterocycles. The summed E-state index contributed by atoms with van der Waals surface area (Å²) in [4.78, 5) is 2.18. The summed E-state index contributed by atoms with van der Waals surface area (Å²) in [5.74, 6) is 1.54. The maximum Gasteiger partial charge on any atom is 0.231 e. The minimum Gasteiger partial charge on any atom is -0.457 e. The van der Waals surface area contributed by atoms with Crippen LogP contribution in [0.25, 0.3) is 0 Å². The Kier molecular flexibility index (Phi) is 2.61. The average Bonchev–Trinajstić information content (AvgIpc) is 2.37. The highest BCUT2D eigenvalue weighted by Crippen LogP contribution is 2.45. The highest BCUT2D eigenvalue weighted by atomic mass is 127. The zero-order chi connectivity index (χ0) is 11.2. The zero-order valence-electron chi connectivity index (χ0n) is 9.54. The van der Waals surface area contributed by atoms with Gasteiger partial charge in [-0.25, -0.2) is 0 Å². The molecular formula is C12H16INO. The summed E-state index contributed by atoms with van der Waals surface area (Å²) >= 11 is 2.32. The molecule has 15 heavy (non-hydrogen) atoms. The number of anilines is 1. The predicted octanol–water partition coefficient (Wildman–Crippen LogP) is 3.75. The van der Waals surface area contributed by atoms with Gasteiger partial charge >= 0.3 is 0 Å². The minimum atomic E-state index is -0.254. The van der Waals surface area contributed by atoms with Crippen molar-refractivity contribution in [2.45, 2.75) is 30.4 Å². The van der Waals surface area contributed by atoms with E-state index >= 15 is 0 Å². The molecule has 1 unspecified atom stereocenters. The molecule has 1 aromatic carbocycles. The van der Waals surface area contributed by atoms with Crippen LogP contribution in [-0.4, -0.2) is 10.8 Å². The van der Waals surface area contributed by atoms with E-state index in [1.807, 2.05) is 0 Å². The van der Waals surface area contributed by atoms with Gasteiger partial charge in [-0.3, -0.25) is 0 Å². The Bertz CT molecular complexity index is 387. The summed E-state index contributed by atoms with van der Waals surface area (Å²) < 4.78 is 5.60. The molecule has 0 bridgehead atoms. The molecule has 2 rings (SSSR count). The average molecular weight is 317 g/mol. The van der Waals surface area contributed by atoms with E-state index in [-0.39, 0.29) is 3.73 Å². The molecule has 0 fully saturated rings. The Labute approximate surface area is 105 Å². The first-order valence-corrected chi connectivity index (χ1v) is 6.25. The highest BCUT2D eigenvalue weighted by Gasteiger charge is 2.37. The summed E-state index contributed by atoms with van der Waals surface area (Å²) in [6, 6.07) is 6.45. The highest BCUT2D eigenvalue weighted by molar-refractivity contribution is 14.1. The van der Waals surface area contributed by atoms with Gasteiger partial charge in [0, 0.05) is 14.0 Å². The molecular weight excluding hydrogens is 301 g/mol. The van der Waals surface area contributed by atoms with Gasteiger partial charge in [0.1, 0.15) is 5.75 Å². The first kappa shape index (κ1) is 11.0. The van der Waals surface area contributed by atoms with Gasteiger partial charge in [-0.1, -0.05) is 19.9 Å². The van der Waals surface area contributed by atoms with Gasteiger partial charge in [-0.15, -0.1) is 0 Å². The summed E-state index contributed by atoms with van der Waals surface area (Å²) in [5, 5.41) is 0. The number of hydrogen-bond acceptors (Lipinski definition) is 2. The van der Waals surface area contributed by atoms with Gasteiger partial charge < -0.3 is 9.64 Å². The Balaban J connectivity index is 2.44. The van der Waals surface area contributed by atoms with E-state index in [1.54, 1.807) is 0 Å². The van der Waals surface area contributed by atoms with Crippen LogP contribution in [0.15, 0.2) is 18.2 Å². The fourth-order valence-electron chi connectivity index (χ4n) is 1.73. The van der Waals surface area contributed by atoms with Crippen molar-refractivity contribution >= 4 is 28.3 Å². The molecule has 0 saturated heterocycles. The Morgan fingerprint density at radius 2 is 2.07 bits per heavy atom. The van der Waals surface area contributed by atoms with Gasteiger partial charge in [-0.05, 0) is 46.2 Å². The molecule has 1 aromatic rings. The van der Waals surface area contributed by atoms with Gasteiger partial charge in [0.05, 0.1) is 5.69 Å². The lowest BCUT2D eigenvalue weighted by Crippen LogP contribution is -2.37. The lowest BCUT2D eigenvalue weighted by molar-refractivity contribution is 0.233. The van der Waals surface area contributed by atoms with E-state index in [4.69, 9.17) is 4.74 Å². The van der Waals surface area contributed by atoms with Crippen molar-refractivity contribution in [1.29, 1.82) is 0 Å². The lowest BCUT2D eigenvalue weighted by Gasteiger charge is -2.25. The molecule has 0 N–H and O–H groups in total. The van der Waals surface area contributed by atoms with Crippen molar-refractivity contribution in [3.63, 3.8) is 0 Å². The number of fused-ring (bicyclic) bond motifs is 1. The Morgan fingerprint density at radius 1 is 1.40 bits per heavy atom. The van der Waals surface area contributed by atoms with Crippen LogP contribution in [0, 0.1) is 0 Å². The number of nitrogens with zero attached hydrogens (tertiary/aromatic N) is 1. The third-order valence-electron chi connectivity index (χ3n) is 2.91. The van der Waals surface area contributed by atoms with E-state index in [9.17, 15) is 0 Å². The second-order valence-electron chi connectivity index (χ2n) is 4.41. The number of alkyl halides is 1. The first-order valence-electron chi connectivity index (χ1n) is 5.17. The number of ether oxygens (including phenoxy) is 1. The Morgan fingerprint density at radius 3 is 2.67 bits per heavy atom.